The summed E-state index contributed by atoms with van der Waals surface area (Å²) in [7, 11) is -3.90. The van der Waals surface area contributed by atoms with Gasteiger partial charge in [0.1, 0.15) is 0 Å². The molecule has 1 saturated carbocycles. The molecule has 0 spiro atoms. The normalized spacial score (nSPS) is 15.2. The summed E-state index contributed by atoms with van der Waals surface area (Å²) in [4.78, 5) is 12.9. The second kappa shape index (κ2) is 10.1. The first-order valence-electron chi connectivity index (χ1n) is 10.2. The molecule has 30 heavy (non-hydrogen) atoms. The van der Waals surface area contributed by atoms with Crippen LogP contribution in [0, 0.1) is 0 Å². The van der Waals surface area contributed by atoms with Gasteiger partial charge in [-0.1, -0.05) is 61.6 Å². The summed E-state index contributed by atoms with van der Waals surface area (Å²) in [5.74, 6) is -0.334. The summed E-state index contributed by atoms with van der Waals surface area (Å²) in [6.07, 6.45) is 7.92. The van der Waals surface area contributed by atoms with Crippen molar-refractivity contribution >= 4 is 33.2 Å². The quantitative estimate of drug-likeness (QED) is 0.471. The Morgan fingerprint density at radius 1 is 1.10 bits per heavy atom. The smallest absolute Gasteiger partial charge is 0.264 e. The molecule has 1 aliphatic carbocycles. The lowest BCUT2D eigenvalue weighted by molar-refractivity contribution is 0.0933. The third-order valence-electron chi connectivity index (χ3n) is 5.30. The average molecular weight is 447 g/mol. The van der Waals surface area contributed by atoms with Crippen LogP contribution in [0.2, 0.25) is 5.02 Å². The van der Waals surface area contributed by atoms with E-state index >= 15 is 0 Å². The molecule has 0 unspecified atom stereocenters. The van der Waals surface area contributed by atoms with Gasteiger partial charge in [0.25, 0.3) is 15.9 Å². The van der Waals surface area contributed by atoms with Crippen molar-refractivity contribution in [2.45, 2.75) is 49.5 Å². The zero-order chi connectivity index (χ0) is 21.6. The zero-order valence-electron chi connectivity index (χ0n) is 16.9. The minimum absolute atomic E-state index is 0.0172. The molecule has 1 fully saturated rings. The van der Waals surface area contributed by atoms with E-state index in [0.29, 0.717) is 5.69 Å². The van der Waals surface area contributed by atoms with Gasteiger partial charge in [-0.2, -0.15) is 0 Å². The van der Waals surface area contributed by atoms with Crippen molar-refractivity contribution in [1.29, 1.82) is 0 Å². The fourth-order valence-corrected chi connectivity index (χ4v) is 5.37. The topological polar surface area (TPSA) is 66.5 Å². The van der Waals surface area contributed by atoms with Crippen molar-refractivity contribution in [3.8, 4) is 0 Å². The third-order valence-corrected chi connectivity index (χ3v) is 7.42. The van der Waals surface area contributed by atoms with E-state index in [1.54, 1.807) is 24.3 Å². The number of anilines is 1. The Balaban J connectivity index is 1.90. The molecule has 1 N–H and O–H groups in total. The van der Waals surface area contributed by atoms with Crippen LogP contribution in [0.5, 0.6) is 0 Å². The molecular formula is C23H27ClN2O3S. The molecule has 0 aromatic heterocycles. The number of carbonyl (C=O) groups is 1. The summed E-state index contributed by atoms with van der Waals surface area (Å²) in [5, 5.41) is 3.26. The molecule has 3 rings (SSSR count). The van der Waals surface area contributed by atoms with Gasteiger partial charge in [0.2, 0.25) is 0 Å². The molecule has 0 bridgehead atoms. The lowest BCUT2D eigenvalue weighted by Gasteiger charge is -2.23. The highest BCUT2D eigenvalue weighted by atomic mass is 35.5. The number of hydrogen-bond acceptors (Lipinski definition) is 3. The number of hydrogen-bond donors (Lipinski definition) is 1. The van der Waals surface area contributed by atoms with Crippen LogP contribution in [0.4, 0.5) is 5.69 Å². The van der Waals surface area contributed by atoms with Crippen molar-refractivity contribution in [3.05, 3.63) is 71.8 Å². The first-order chi connectivity index (χ1) is 14.4. The molecule has 2 aromatic rings. The molecular weight excluding hydrogens is 420 g/mol. The van der Waals surface area contributed by atoms with E-state index in [2.05, 4.69) is 11.9 Å². The van der Waals surface area contributed by atoms with E-state index in [0.717, 1.165) is 25.7 Å². The molecule has 2 aromatic carbocycles. The summed E-state index contributed by atoms with van der Waals surface area (Å²) < 4.78 is 28.0. The number of carbonyl (C=O) groups excluding carboxylic acids is 1. The number of benzene rings is 2. The van der Waals surface area contributed by atoms with E-state index in [1.807, 2.05) is 6.07 Å². The Morgan fingerprint density at radius 3 is 2.40 bits per heavy atom. The number of nitrogens with one attached hydrogen (secondary N) is 1. The molecule has 1 amide bonds. The Hall–Kier alpha value is -2.31. The minimum Gasteiger partial charge on any atom is -0.349 e. The maximum atomic E-state index is 13.3. The highest BCUT2D eigenvalue weighted by Crippen LogP contribution is 2.27. The van der Waals surface area contributed by atoms with Crippen molar-refractivity contribution < 1.29 is 13.2 Å². The van der Waals surface area contributed by atoms with E-state index in [9.17, 15) is 13.2 Å². The van der Waals surface area contributed by atoms with Gasteiger partial charge in [-0.25, -0.2) is 8.42 Å². The van der Waals surface area contributed by atoms with Gasteiger partial charge in [0, 0.05) is 6.04 Å². The Bertz CT molecular complexity index is 985. The standard InChI is InChI=1S/C23H27ClN2O3S/c1-2-16-26(19-12-8-5-9-13-19)30(28,29)20-14-15-22(24)21(17-20)23(27)25-18-10-6-3-4-7-11-18/h2,5,8-9,12-15,17-18H,1,3-4,6-7,10-11,16H2,(H,25,27). The van der Waals surface area contributed by atoms with Crippen molar-refractivity contribution in [3.63, 3.8) is 0 Å². The fraction of sp³-hybridized carbons (Fsp3) is 0.348. The van der Waals surface area contributed by atoms with Crippen LogP contribution in [0.25, 0.3) is 0 Å². The molecule has 7 heteroatoms. The van der Waals surface area contributed by atoms with Gasteiger partial charge in [-0.05, 0) is 43.2 Å². The van der Waals surface area contributed by atoms with Crippen LogP contribution in [-0.4, -0.2) is 26.9 Å². The van der Waals surface area contributed by atoms with Crippen LogP contribution in [-0.2, 0) is 10.0 Å². The second-order valence-corrected chi connectivity index (χ2v) is 9.73. The van der Waals surface area contributed by atoms with Gasteiger partial charge < -0.3 is 5.32 Å². The van der Waals surface area contributed by atoms with Crippen LogP contribution >= 0.6 is 11.6 Å². The first-order valence-corrected chi connectivity index (χ1v) is 12.0. The highest BCUT2D eigenvalue weighted by molar-refractivity contribution is 7.92. The first kappa shape index (κ1) is 22.4. The Kier molecular flexibility index (Phi) is 7.56. The molecule has 5 nitrogen and oxygen atoms in total. The fourth-order valence-electron chi connectivity index (χ4n) is 3.71. The number of rotatable bonds is 7. The number of para-hydroxylation sites is 1. The van der Waals surface area contributed by atoms with Gasteiger partial charge >= 0.3 is 0 Å². The predicted octanol–water partition coefficient (Wildman–Crippen LogP) is 5.17. The Morgan fingerprint density at radius 2 is 1.77 bits per heavy atom. The summed E-state index contributed by atoms with van der Waals surface area (Å²) >= 11 is 6.26. The Labute approximate surface area is 183 Å². The third kappa shape index (κ3) is 5.24. The highest BCUT2D eigenvalue weighted by Gasteiger charge is 2.26. The minimum atomic E-state index is -3.90. The number of sulfonamides is 1. The molecule has 0 radical (unpaired) electrons. The van der Waals surface area contributed by atoms with Gasteiger partial charge in [0.05, 0.1) is 27.7 Å². The van der Waals surface area contributed by atoms with Crippen molar-refractivity contribution in [1.82, 2.24) is 5.32 Å². The molecule has 0 heterocycles. The molecule has 0 saturated heterocycles. The van der Waals surface area contributed by atoms with Crippen LogP contribution in [0.1, 0.15) is 48.9 Å². The largest absolute Gasteiger partial charge is 0.349 e. The van der Waals surface area contributed by atoms with Gasteiger partial charge in [0.15, 0.2) is 0 Å². The maximum Gasteiger partial charge on any atom is 0.264 e. The van der Waals surface area contributed by atoms with Crippen molar-refractivity contribution in [2.75, 3.05) is 10.8 Å². The maximum absolute atomic E-state index is 13.3. The second-order valence-electron chi connectivity index (χ2n) is 7.46. The predicted molar refractivity (Wildman–Crippen MR) is 122 cm³/mol. The lowest BCUT2D eigenvalue weighted by Crippen LogP contribution is -2.35. The van der Waals surface area contributed by atoms with Crippen LogP contribution in [0.3, 0.4) is 0 Å². The van der Waals surface area contributed by atoms with E-state index in [1.165, 1.54) is 41.4 Å². The number of amides is 1. The molecule has 0 atom stereocenters. The number of nitrogens with zero attached hydrogens (tertiary/aromatic N) is 1. The van der Waals surface area contributed by atoms with Crippen molar-refractivity contribution in [2.24, 2.45) is 0 Å². The van der Waals surface area contributed by atoms with E-state index in [-0.39, 0.29) is 34.0 Å². The van der Waals surface area contributed by atoms with Crippen LogP contribution in [0.15, 0.2) is 66.1 Å². The lowest BCUT2D eigenvalue weighted by atomic mass is 10.1. The van der Waals surface area contributed by atoms with E-state index in [4.69, 9.17) is 11.6 Å². The summed E-state index contributed by atoms with van der Waals surface area (Å²) in [6, 6.07) is 13.2. The SMILES string of the molecule is C=CCN(c1ccccc1)S(=O)(=O)c1ccc(Cl)c(C(=O)NC2CCCCCC2)c1. The summed E-state index contributed by atoms with van der Waals surface area (Å²) in [6.45, 7) is 3.78. The monoisotopic (exact) mass is 446 g/mol. The zero-order valence-corrected chi connectivity index (χ0v) is 18.5. The molecule has 160 valence electrons. The number of halogens is 1. The molecule has 1 aliphatic rings. The van der Waals surface area contributed by atoms with Crippen LogP contribution < -0.4 is 9.62 Å². The van der Waals surface area contributed by atoms with E-state index < -0.39 is 10.0 Å². The summed E-state index contributed by atoms with van der Waals surface area (Å²) in [5.41, 5.74) is 0.699. The van der Waals surface area contributed by atoms with Gasteiger partial charge in [-0.3, -0.25) is 9.10 Å². The average Bonchev–Trinajstić information content (AvgIpc) is 3.01. The molecule has 0 aliphatic heterocycles. The van der Waals surface area contributed by atoms with Gasteiger partial charge in [-0.15, -0.1) is 6.58 Å².